The van der Waals surface area contributed by atoms with Gasteiger partial charge < -0.3 is 10.5 Å². The fourth-order valence-electron chi connectivity index (χ4n) is 1.92. The van der Waals surface area contributed by atoms with Gasteiger partial charge in [0.2, 0.25) is 0 Å². The average molecular weight is 296 g/mol. The first-order chi connectivity index (χ1) is 9.02. The van der Waals surface area contributed by atoms with Crippen LogP contribution in [0.2, 0.25) is 10.0 Å². The number of ether oxygens (including phenoxy) is 1. The van der Waals surface area contributed by atoms with Crippen LogP contribution in [0, 0.1) is 0 Å². The molecule has 2 aromatic carbocycles. The van der Waals surface area contributed by atoms with Crippen LogP contribution in [0.4, 0.5) is 0 Å². The molecule has 2 N–H and O–H groups in total. The van der Waals surface area contributed by atoms with Crippen molar-refractivity contribution in [2.24, 2.45) is 5.73 Å². The van der Waals surface area contributed by atoms with Crippen molar-refractivity contribution < 1.29 is 4.74 Å². The van der Waals surface area contributed by atoms with Gasteiger partial charge in [-0.2, -0.15) is 0 Å². The Balaban J connectivity index is 2.63. The van der Waals surface area contributed by atoms with Crippen LogP contribution in [0.5, 0.6) is 5.75 Å². The summed E-state index contributed by atoms with van der Waals surface area (Å²) in [5.41, 5.74) is 8.66. The van der Waals surface area contributed by atoms with Gasteiger partial charge in [-0.25, -0.2) is 0 Å². The van der Waals surface area contributed by atoms with Crippen molar-refractivity contribution in [3.8, 4) is 16.9 Å². The van der Waals surface area contributed by atoms with Crippen LogP contribution in [0.1, 0.15) is 18.5 Å². The SMILES string of the molecule is COc1ccc(Cl)cc1-c1cc(C(C)N)ccc1Cl. The molecule has 2 rings (SSSR count). The van der Waals surface area contributed by atoms with Crippen LogP contribution < -0.4 is 10.5 Å². The second-order valence-electron chi connectivity index (χ2n) is 4.37. The van der Waals surface area contributed by atoms with E-state index in [2.05, 4.69) is 0 Å². The molecule has 0 saturated heterocycles. The third kappa shape index (κ3) is 3.03. The van der Waals surface area contributed by atoms with Crippen molar-refractivity contribution >= 4 is 23.2 Å². The Morgan fingerprint density at radius 3 is 2.42 bits per heavy atom. The number of rotatable bonds is 3. The minimum Gasteiger partial charge on any atom is -0.496 e. The molecule has 0 aromatic heterocycles. The van der Waals surface area contributed by atoms with Gasteiger partial charge in [0, 0.05) is 27.2 Å². The Hall–Kier alpha value is -1.22. The molecule has 100 valence electrons. The summed E-state index contributed by atoms with van der Waals surface area (Å²) in [5.74, 6) is 0.730. The van der Waals surface area contributed by atoms with Crippen LogP contribution in [-0.4, -0.2) is 7.11 Å². The van der Waals surface area contributed by atoms with E-state index in [1.165, 1.54) is 0 Å². The highest BCUT2D eigenvalue weighted by molar-refractivity contribution is 6.34. The molecule has 1 atom stereocenters. The predicted molar refractivity (Wildman–Crippen MR) is 81.1 cm³/mol. The Morgan fingerprint density at radius 1 is 1.05 bits per heavy atom. The summed E-state index contributed by atoms with van der Waals surface area (Å²) in [4.78, 5) is 0. The predicted octanol–water partition coefficient (Wildman–Crippen LogP) is 4.69. The molecule has 0 fully saturated rings. The van der Waals surface area contributed by atoms with Crippen molar-refractivity contribution in [1.82, 2.24) is 0 Å². The Bertz CT molecular complexity index is 597. The summed E-state index contributed by atoms with van der Waals surface area (Å²) in [6, 6.07) is 11.1. The van der Waals surface area contributed by atoms with Gasteiger partial charge in [0.15, 0.2) is 0 Å². The van der Waals surface area contributed by atoms with E-state index in [0.29, 0.717) is 10.0 Å². The first-order valence-electron chi connectivity index (χ1n) is 5.92. The second kappa shape index (κ2) is 5.83. The first kappa shape index (κ1) is 14.2. The summed E-state index contributed by atoms with van der Waals surface area (Å²) >= 11 is 12.3. The van der Waals surface area contributed by atoms with Crippen LogP contribution in [0.3, 0.4) is 0 Å². The largest absolute Gasteiger partial charge is 0.496 e. The van der Waals surface area contributed by atoms with Crippen LogP contribution in [0.25, 0.3) is 11.1 Å². The zero-order chi connectivity index (χ0) is 14.0. The van der Waals surface area contributed by atoms with Crippen molar-refractivity contribution in [3.63, 3.8) is 0 Å². The summed E-state index contributed by atoms with van der Waals surface area (Å²) in [6.07, 6.45) is 0. The third-order valence-corrected chi connectivity index (χ3v) is 3.53. The molecule has 0 aliphatic heterocycles. The van der Waals surface area contributed by atoms with Gasteiger partial charge in [-0.1, -0.05) is 29.3 Å². The molecule has 0 aliphatic carbocycles. The minimum atomic E-state index is -0.0544. The minimum absolute atomic E-state index is 0.0544. The maximum Gasteiger partial charge on any atom is 0.126 e. The molecule has 1 unspecified atom stereocenters. The van der Waals surface area contributed by atoms with Crippen LogP contribution in [-0.2, 0) is 0 Å². The molecule has 0 heterocycles. The first-order valence-corrected chi connectivity index (χ1v) is 6.67. The smallest absolute Gasteiger partial charge is 0.126 e. The van der Waals surface area contributed by atoms with E-state index in [4.69, 9.17) is 33.7 Å². The van der Waals surface area contributed by atoms with E-state index in [9.17, 15) is 0 Å². The van der Waals surface area contributed by atoms with E-state index in [1.807, 2.05) is 37.3 Å². The van der Waals surface area contributed by atoms with E-state index in [1.54, 1.807) is 13.2 Å². The summed E-state index contributed by atoms with van der Waals surface area (Å²) in [7, 11) is 1.62. The summed E-state index contributed by atoms with van der Waals surface area (Å²) in [5, 5.41) is 1.28. The lowest BCUT2D eigenvalue weighted by Gasteiger charge is -2.13. The van der Waals surface area contributed by atoms with Crippen molar-refractivity contribution in [3.05, 3.63) is 52.0 Å². The van der Waals surface area contributed by atoms with Gasteiger partial charge in [-0.15, -0.1) is 0 Å². The molecular weight excluding hydrogens is 281 g/mol. The number of hydrogen-bond donors (Lipinski definition) is 1. The molecule has 0 radical (unpaired) electrons. The zero-order valence-corrected chi connectivity index (χ0v) is 12.3. The molecule has 19 heavy (non-hydrogen) atoms. The van der Waals surface area contributed by atoms with E-state index >= 15 is 0 Å². The third-order valence-electron chi connectivity index (χ3n) is 2.97. The topological polar surface area (TPSA) is 35.2 Å². The lowest BCUT2D eigenvalue weighted by atomic mass is 9.99. The fourth-order valence-corrected chi connectivity index (χ4v) is 2.31. The fraction of sp³-hybridized carbons (Fsp3) is 0.200. The molecular formula is C15H15Cl2NO. The Labute approximate surface area is 123 Å². The highest BCUT2D eigenvalue weighted by Crippen LogP contribution is 2.37. The highest BCUT2D eigenvalue weighted by Gasteiger charge is 2.12. The number of benzene rings is 2. The van der Waals surface area contributed by atoms with Crippen LogP contribution in [0.15, 0.2) is 36.4 Å². The van der Waals surface area contributed by atoms with Crippen molar-refractivity contribution in [2.75, 3.05) is 7.11 Å². The molecule has 0 amide bonds. The molecule has 0 saturated carbocycles. The standard InChI is InChI=1S/C15H15Cl2NO/c1-9(18)10-3-5-14(17)12(7-10)13-8-11(16)4-6-15(13)19-2/h3-9H,18H2,1-2H3. The highest BCUT2D eigenvalue weighted by atomic mass is 35.5. The van der Waals surface area contributed by atoms with E-state index in [0.717, 1.165) is 22.4 Å². The van der Waals surface area contributed by atoms with Gasteiger partial charge in [-0.05, 0) is 42.8 Å². The van der Waals surface area contributed by atoms with Gasteiger partial charge in [0.1, 0.15) is 5.75 Å². The number of methoxy groups -OCH3 is 1. The lowest BCUT2D eigenvalue weighted by Crippen LogP contribution is -2.04. The Kier molecular flexibility index (Phi) is 4.35. The Morgan fingerprint density at radius 2 is 1.79 bits per heavy atom. The van der Waals surface area contributed by atoms with E-state index < -0.39 is 0 Å². The zero-order valence-electron chi connectivity index (χ0n) is 10.8. The number of hydrogen-bond acceptors (Lipinski definition) is 2. The molecule has 4 heteroatoms. The van der Waals surface area contributed by atoms with Crippen molar-refractivity contribution in [1.29, 1.82) is 0 Å². The van der Waals surface area contributed by atoms with Gasteiger partial charge in [0.25, 0.3) is 0 Å². The monoisotopic (exact) mass is 295 g/mol. The van der Waals surface area contributed by atoms with E-state index in [-0.39, 0.29) is 6.04 Å². The maximum atomic E-state index is 6.28. The molecule has 0 aliphatic rings. The average Bonchev–Trinajstić information content (AvgIpc) is 2.39. The quantitative estimate of drug-likeness (QED) is 0.891. The summed E-state index contributed by atoms with van der Waals surface area (Å²) in [6.45, 7) is 1.93. The normalized spacial score (nSPS) is 12.3. The molecule has 2 aromatic rings. The second-order valence-corrected chi connectivity index (χ2v) is 5.22. The van der Waals surface area contributed by atoms with Gasteiger partial charge >= 0.3 is 0 Å². The summed E-state index contributed by atoms with van der Waals surface area (Å²) < 4.78 is 5.36. The molecule has 2 nitrogen and oxygen atoms in total. The van der Waals surface area contributed by atoms with Crippen molar-refractivity contribution in [2.45, 2.75) is 13.0 Å². The molecule has 0 spiro atoms. The number of halogens is 2. The van der Waals surface area contributed by atoms with Gasteiger partial charge in [-0.3, -0.25) is 0 Å². The molecule has 0 bridgehead atoms. The maximum absolute atomic E-state index is 6.28. The number of nitrogens with two attached hydrogens (primary N) is 1. The lowest BCUT2D eigenvalue weighted by molar-refractivity contribution is 0.416. The van der Waals surface area contributed by atoms with Gasteiger partial charge in [0.05, 0.1) is 7.11 Å². The van der Waals surface area contributed by atoms with Crippen LogP contribution >= 0.6 is 23.2 Å².